The van der Waals surface area contributed by atoms with Gasteiger partial charge in [0.1, 0.15) is 0 Å². The number of benzene rings is 2. The Morgan fingerprint density at radius 1 is 1.03 bits per heavy atom. The molecule has 156 valence electrons. The standard InChI is InChI=1S/C22H24BrF3N2O/c23-18-4-5-20-16(14-18)7-13-29-21(20)6-8-27-9-11-28(12-10-27)19-3-1-2-17(15-19)22(24,25)26/h1-5,14-15,21H,6-13H2. The van der Waals surface area contributed by atoms with Gasteiger partial charge in [-0.05, 0) is 54.3 Å². The highest BCUT2D eigenvalue weighted by Gasteiger charge is 2.31. The molecule has 0 spiro atoms. The Kier molecular flexibility index (Phi) is 6.18. The van der Waals surface area contributed by atoms with Crippen LogP contribution < -0.4 is 4.90 Å². The van der Waals surface area contributed by atoms with Crippen LogP contribution in [0.25, 0.3) is 0 Å². The van der Waals surface area contributed by atoms with Crippen molar-refractivity contribution in [2.24, 2.45) is 0 Å². The number of nitrogens with zero attached hydrogens (tertiary/aromatic N) is 2. The molecule has 29 heavy (non-hydrogen) atoms. The van der Waals surface area contributed by atoms with Gasteiger partial charge in [0.15, 0.2) is 0 Å². The first-order chi connectivity index (χ1) is 13.9. The van der Waals surface area contributed by atoms with Crippen LogP contribution in [0.3, 0.4) is 0 Å². The molecule has 3 nitrogen and oxygen atoms in total. The van der Waals surface area contributed by atoms with Gasteiger partial charge in [0.05, 0.1) is 18.3 Å². The van der Waals surface area contributed by atoms with Gasteiger partial charge in [0.2, 0.25) is 0 Å². The van der Waals surface area contributed by atoms with Gasteiger partial charge in [-0.2, -0.15) is 13.2 Å². The molecule has 1 atom stereocenters. The maximum Gasteiger partial charge on any atom is 0.416 e. The van der Waals surface area contributed by atoms with Gasteiger partial charge < -0.3 is 9.64 Å². The molecule has 0 bridgehead atoms. The van der Waals surface area contributed by atoms with E-state index in [2.05, 4.69) is 39.0 Å². The Hall–Kier alpha value is -1.57. The number of fused-ring (bicyclic) bond motifs is 1. The highest BCUT2D eigenvalue weighted by molar-refractivity contribution is 9.10. The van der Waals surface area contributed by atoms with Gasteiger partial charge >= 0.3 is 6.18 Å². The number of rotatable bonds is 4. The van der Waals surface area contributed by atoms with E-state index in [0.717, 1.165) is 62.7 Å². The summed E-state index contributed by atoms with van der Waals surface area (Å²) >= 11 is 3.54. The lowest BCUT2D eigenvalue weighted by Crippen LogP contribution is -2.47. The SMILES string of the molecule is FC(F)(F)c1cccc(N2CCN(CCC3OCCc4cc(Br)ccc43)CC2)c1. The summed E-state index contributed by atoms with van der Waals surface area (Å²) in [6.45, 7) is 4.83. The van der Waals surface area contributed by atoms with Crippen molar-refractivity contribution in [2.45, 2.75) is 25.1 Å². The van der Waals surface area contributed by atoms with Crippen LogP contribution in [-0.2, 0) is 17.3 Å². The van der Waals surface area contributed by atoms with Crippen LogP contribution in [-0.4, -0.2) is 44.2 Å². The van der Waals surface area contributed by atoms with Gasteiger partial charge in [-0.3, -0.25) is 4.90 Å². The summed E-state index contributed by atoms with van der Waals surface area (Å²) in [5, 5.41) is 0. The number of hydrogen-bond acceptors (Lipinski definition) is 3. The van der Waals surface area contributed by atoms with Crippen LogP contribution in [0.5, 0.6) is 0 Å². The monoisotopic (exact) mass is 468 g/mol. The fourth-order valence-electron chi connectivity index (χ4n) is 4.15. The summed E-state index contributed by atoms with van der Waals surface area (Å²) in [5.41, 5.74) is 2.69. The van der Waals surface area contributed by atoms with E-state index in [-0.39, 0.29) is 6.10 Å². The first-order valence-corrected chi connectivity index (χ1v) is 10.7. The fourth-order valence-corrected chi connectivity index (χ4v) is 4.56. The van der Waals surface area contributed by atoms with Gasteiger partial charge in [-0.15, -0.1) is 0 Å². The molecule has 0 aliphatic carbocycles. The Balaban J connectivity index is 1.31. The third-order valence-electron chi connectivity index (χ3n) is 5.76. The number of alkyl halides is 3. The molecule has 2 aliphatic heterocycles. The Morgan fingerprint density at radius 2 is 1.83 bits per heavy atom. The second kappa shape index (κ2) is 8.66. The van der Waals surface area contributed by atoms with E-state index >= 15 is 0 Å². The van der Waals surface area contributed by atoms with E-state index in [0.29, 0.717) is 5.69 Å². The maximum absolute atomic E-state index is 13.0. The molecule has 1 saturated heterocycles. The average Bonchev–Trinajstić information content (AvgIpc) is 2.72. The van der Waals surface area contributed by atoms with E-state index in [1.165, 1.54) is 23.3 Å². The largest absolute Gasteiger partial charge is 0.416 e. The third kappa shape index (κ3) is 4.95. The molecule has 1 fully saturated rings. The van der Waals surface area contributed by atoms with Crippen molar-refractivity contribution in [3.05, 3.63) is 63.6 Å². The van der Waals surface area contributed by atoms with Crippen molar-refractivity contribution in [1.82, 2.24) is 4.90 Å². The summed E-state index contributed by atoms with van der Waals surface area (Å²) in [5.74, 6) is 0. The molecular weight excluding hydrogens is 445 g/mol. The van der Waals surface area contributed by atoms with Crippen LogP contribution in [0.1, 0.15) is 29.2 Å². The zero-order valence-electron chi connectivity index (χ0n) is 16.1. The summed E-state index contributed by atoms with van der Waals surface area (Å²) in [6.07, 6.45) is -2.31. The first-order valence-electron chi connectivity index (χ1n) is 9.94. The van der Waals surface area contributed by atoms with E-state index in [1.807, 2.05) is 4.90 Å². The van der Waals surface area contributed by atoms with E-state index in [1.54, 1.807) is 6.07 Å². The fraction of sp³-hybridized carbons (Fsp3) is 0.455. The number of anilines is 1. The molecule has 0 aromatic heterocycles. The molecule has 2 aromatic carbocycles. The lowest BCUT2D eigenvalue weighted by Gasteiger charge is -2.37. The molecule has 0 amide bonds. The zero-order valence-corrected chi connectivity index (χ0v) is 17.7. The Morgan fingerprint density at radius 3 is 2.59 bits per heavy atom. The van der Waals surface area contributed by atoms with Gasteiger partial charge in [0.25, 0.3) is 0 Å². The predicted molar refractivity (Wildman–Crippen MR) is 111 cm³/mol. The van der Waals surface area contributed by atoms with Crippen molar-refractivity contribution < 1.29 is 17.9 Å². The van der Waals surface area contributed by atoms with Gasteiger partial charge in [-0.1, -0.05) is 28.1 Å². The lowest BCUT2D eigenvalue weighted by molar-refractivity contribution is -0.137. The topological polar surface area (TPSA) is 15.7 Å². The average molecular weight is 469 g/mol. The summed E-state index contributed by atoms with van der Waals surface area (Å²) < 4.78 is 46.0. The van der Waals surface area contributed by atoms with E-state index in [4.69, 9.17) is 4.74 Å². The van der Waals surface area contributed by atoms with E-state index < -0.39 is 11.7 Å². The molecule has 2 heterocycles. The third-order valence-corrected chi connectivity index (χ3v) is 6.25. The minimum Gasteiger partial charge on any atom is -0.373 e. The van der Waals surface area contributed by atoms with Crippen LogP contribution >= 0.6 is 15.9 Å². The molecule has 1 unspecified atom stereocenters. The Labute approximate surface area is 177 Å². The summed E-state index contributed by atoms with van der Waals surface area (Å²) in [6, 6.07) is 12.0. The lowest BCUT2D eigenvalue weighted by atomic mass is 9.95. The Bertz CT molecular complexity index is 850. The minimum atomic E-state index is -4.30. The second-order valence-electron chi connectivity index (χ2n) is 7.62. The van der Waals surface area contributed by atoms with Crippen molar-refractivity contribution in [3.63, 3.8) is 0 Å². The number of ether oxygens (including phenoxy) is 1. The van der Waals surface area contributed by atoms with Crippen molar-refractivity contribution >= 4 is 21.6 Å². The van der Waals surface area contributed by atoms with Crippen molar-refractivity contribution in [1.29, 1.82) is 0 Å². The first kappa shape index (κ1) is 20.7. The van der Waals surface area contributed by atoms with Crippen molar-refractivity contribution in [2.75, 3.05) is 44.2 Å². The zero-order chi connectivity index (χ0) is 20.4. The molecule has 0 N–H and O–H groups in total. The van der Waals surface area contributed by atoms with Crippen LogP contribution in [0.2, 0.25) is 0 Å². The molecule has 0 saturated carbocycles. The number of halogens is 4. The molecule has 0 radical (unpaired) electrons. The number of piperazine rings is 1. The molecule has 4 rings (SSSR count). The van der Waals surface area contributed by atoms with Crippen LogP contribution in [0.15, 0.2) is 46.9 Å². The highest BCUT2D eigenvalue weighted by atomic mass is 79.9. The molecular formula is C22H24BrF3N2O. The quantitative estimate of drug-likeness (QED) is 0.605. The number of hydrogen-bond donors (Lipinski definition) is 0. The molecule has 7 heteroatoms. The smallest absolute Gasteiger partial charge is 0.373 e. The van der Waals surface area contributed by atoms with Crippen LogP contribution in [0.4, 0.5) is 18.9 Å². The van der Waals surface area contributed by atoms with E-state index in [9.17, 15) is 13.2 Å². The predicted octanol–water partition coefficient (Wildman–Crippen LogP) is 5.29. The van der Waals surface area contributed by atoms with Gasteiger partial charge in [0, 0.05) is 42.9 Å². The minimum absolute atomic E-state index is 0.119. The summed E-state index contributed by atoms with van der Waals surface area (Å²) in [4.78, 5) is 4.41. The molecule has 2 aromatic rings. The highest BCUT2D eigenvalue weighted by Crippen LogP contribution is 2.33. The molecule has 2 aliphatic rings. The second-order valence-corrected chi connectivity index (χ2v) is 8.53. The normalized spacial score (nSPS) is 20.6. The van der Waals surface area contributed by atoms with Crippen LogP contribution in [0, 0.1) is 0 Å². The summed E-state index contributed by atoms with van der Waals surface area (Å²) in [7, 11) is 0. The maximum atomic E-state index is 13.0. The van der Waals surface area contributed by atoms with Crippen molar-refractivity contribution in [3.8, 4) is 0 Å². The van der Waals surface area contributed by atoms with Gasteiger partial charge in [-0.25, -0.2) is 0 Å².